The molecule has 1 atom stereocenters. The van der Waals surface area contributed by atoms with Gasteiger partial charge < -0.3 is 19.5 Å². The summed E-state index contributed by atoms with van der Waals surface area (Å²) in [5.41, 5.74) is 1.54. The monoisotopic (exact) mass is 437 g/mol. The van der Waals surface area contributed by atoms with E-state index in [-0.39, 0.29) is 6.61 Å². The van der Waals surface area contributed by atoms with Gasteiger partial charge in [0.05, 0.1) is 36.6 Å². The summed E-state index contributed by atoms with van der Waals surface area (Å²) < 4.78 is 13.1. The first-order valence-corrected chi connectivity index (χ1v) is 11.0. The Balaban J connectivity index is 1.42. The summed E-state index contributed by atoms with van der Waals surface area (Å²) in [5, 5.41) is 28.8. The van der Waals surface area contributed by atoms with E-state index in [0.29, 0.717) is 35.4 Å². The fourth-order valence-electron chi connectivity index (χ4n) is 3.16. The molecular formula is C22H23N5O3S. The molecule has 1 aliphatic heterocycles. The molecule has 1 aromatic heterocycles. The molecule has 0 spiro atoms. The van der Waals surface area contributed by atoms with Crippen molar-refractivity contribution in [1.29, 1.82) is 5.26 Å². The molecule has 2 heterocycles. The van der Waals surface area contributed by atoms with Gasteiger partial charge in [0.25, 0.3) is 0 Å². The van der Waals surface area contributed by atoms with Gasteiger partial charge in [0, 0.05) is 18.8 Å². The highest BCUT2D eigenvalue weighted by atomic mass is 32.2. The minimum Gasteiger partial charge on any atom is -0.491 e. The first-order valence-electron chi connectivity index (χ1n) is 10.0. The Morgan fingerprint density at radius 3 is 2.55 bits per heavy atom. The van der Waals surface area contributed by atoms with Crippen molar-refractivity contribution < 1.29 is 14.6 Å². The zero-order valence-electron chi connectivity index (χ0n) is 16.9. The van der Waals surface area contributed by atoms with E-state index in [1.165, 1.54) is 11.8 Å². The lowest BCUT2D eigenvalue weighted by atomic mass is 10.2. The number of para-hydroxylation sites is 1. The summed E-state index contributed by atoms with van der Waals surface area (Å²) in [6.45, 7) is 2.99. The molecule has 1 N–H and O–H groups in total. The summed E-state index contributed by atoms with van der Waals surface area (Å²) in [6.07, 6.45) is -0.687. The van der Waals surface area contributed by atoms with Crippen LogP contribution in [0.15, 0.2) is 59.8 Å². The number of morpholine rings is 1. The molecular weight excluding hydrogens is 414 g/mol. The third-order valence-corrected chi connectivity index (χ3v) is 5.83. The second kappa shape index (κ2) is 10.3. The van der Waals surface area contributed by atoms with Gasteiger partial charge in [-0.3, -0.25) is 4.57 Å². The predicted molar refractivity (Wildman–Crippen MR) is 118 cm³/mol. The molecule has 8 nitrogen and oxygen atoms in total. The van der Waals surface area contributed by atoms with E-state index >= 15 is 0 Å². The first-order chi connectivity index (χ1) is 15.2. The van der Waals surface area contributed by atoms with Gasteiger partial charge in [0.15, 0.2) is 5.16 Å². The molecule has 0 radical (unpaired) electrons. The molecule has 160 valence electrons. The highest BCUT2D eigenvalue weighted by Gasteiger charge is 2.22. The van der Waals surface area contributed by atoms with Gasteiger partial charge in [-0.25, -0.2) is 0 Å². The van der Waals surface area contributed by atoms with Gasteiger partial charge in [0.2, 0.25) is 5.95 Å². The van der Waals surface area contributed by atoms with Crippen LogP contribution in [0.25, 0.3) is 5.69 Å². The van der Waals surface area contributed by atoms with E-state index in [1.807, 2.05) is 34.9 Å². The number of nitrogens with zero attached hydrogens (tertiary/aromatic N) is 5. The lowest BCUT2D eigenvalue weighted by Crippen LogP contribution is -2.37. The Morgan fingerprint density at radius 1 is 1.10 bits per heavy atom. The predicted octanol–water partition coefficient (Wildman–Crippen LogP) is 2.51. The minimum atomic E-state index is -0.687. The maximum absolute atomic E-state index is 10.4. The number of aliphatic hydroxyl groups excluding tert-OH is 1. The van der Waals surface area contributed by atoms with E-state index in [2.05, 4.69) is 21.2 Å². The van der Waals surface area contributed by atoms with Gasteiger partial charge in [0.1, 0.15) is 12.4 Å². The molecule has 31 heavy (non-hydrogen) atoms. The van der Waals surface area contributed by atoms with Crippen LogP contribution in [0, 0.1) is 11.3 Å². The average Bonchev–Trinajstić information content (AvgIpc) is 3.27. The summed E-state index contributed by atoms with van der Waals surface area (Å²) in [7, 11) is 0. The van der Waals surface area contributed by atoms with Crippen molar-refractivity contribution in [3.63, 3.8) is 0 Å². The summed E-state index contributed by atoms with van der Waals surface area (Å²) >= 11 is 1.43. The number of anilines is 1. The van der Waals surface area contributed by atoms with Crippen molar-refractivity contribution in [1.82, 2.24) is 14.8 Å². The zero-order chi connectivity index (χ0) is 21.5. The highest BCUT2D eigenvalue weighted by Crippen LogP contribution is 2.27. The molecule has 0 amide bonds. The van der Waals surface area contributed by atoms with Crippen LogP contribution in [0.2, 0.25) is 0 Å². The normalized spacial score (nSPS) is 14.8. The molecule has 3 aromatic rings. The number of benzene rings is 2. The molecule has 4 rings (SSSR count). The second-order valence-electron chi connectivity index (χ2n) is 6.96. The third-order valence-electron chi connectivity index (χ3n) is 4.76. The third kappa shape index (κ3) is 5.35. The molecule has 1 fully saturated rings. The number of thioether (sulfide) groups is 1. The largest absolute Gasteiger partial charge is 0.491 e. The Kier molecular flexibility index (Phi) is 7.04. The topological polar surface area (TPSA) is 96.4 Å². The summed E-state index contributed by atoms with van der Waals surface area (Å²) in [4.78, 5) is 2.16. The lowest BCUT2D eigenvalue weighted by Gasteiger charge is -2.28. The van der Waals surface area contributed by atoms with Crippen molar-refractivity contribution in [2.75, 3.05) is 43.6 Å². The van der Waals surface area contributed by atoms with Gasteiger partial charge in [-0.1, -0.05) is 30.0 Å². The van der Waals surface area contributed by atoms with Crippen molar-refractivity contribution in [3.8, 4) is 17.5 Å². The second-order valence-corrected chi connectivity index (χ2v) is 7.95. The van der Waals surface area contributed by atoms with Crippen molar-refractivity contribution in [2.45, 2.75) is 11.3 Å². The zero-order valence-corrected chi connectivity index (χ0v) is 17.7. The van der Waals surface area contributed by atoms with Gasteiger partial charge in [-0.2, -0.15) is 5.26 Å². The fourth-order valence-corrected chi connectivity index (χ4v) is 4.02. The molecule has 0 bridgehead atoms. The van der Waals surface area contributed by atoms with Crippen LogP contribution < -0.4 is 9.64 Å². The summed E-state index contributed by atoms with van der Waals surface area (Å²) in [5.74, 6) is 1.80. The number of hydrogen-bond acceptors (Lipinski definition) is 8. The Bertz CT molecular complexity index is 1010. The van der Waals surface area contributed by atoms with Gasteiger partial charge in [-0.05, 0) is 36.4 Å². The van der Waals surface area contributed by atoms with Crippen molar-refractivity contribution in [2.24, 2.45) is 0 Å². The number of nitriles is 1. The van der Waals surface area contributed by atoms with E-state index < -0.39 is 6.10 Å². The maximum atomic E-state index is 10.4. The van der Waals surface area contributed by atoms with Crippen molar-refractivity contribution in [3.05, 3.63) is 60.2 Å². The average molecular weight is 438 g/mol. The number of ether oxygens (including phenoxy) is 2. The SMILES string of the molecule is N#Cc1ccc(OCC(O)CSc2nnc(N3CCOCC3)n2-c2ccccc2)cc1. The molecule has 1 aliphatic rings. The van der Waals surface area contributed by atoms with Crippen LogP contribution in [0.5, 0.6) is 5.75 Å². The van der Waals surface area contributed by atoms with Crippen LogP contribution in [0.1, 0.15) is 5.56 Å². The number of rotatable bonds is 8. The fraction of sp³-hybridized carbons (Fsp3) is 0.318. The number of hydrogen-bond donors (Lipinski definition) is 1. The standard InChI is InChI=1S/C22H23N5O3S/c23-14-17-6-8-20(9-7-17)30-15-19(28)16-31-22-25-24-21(26-10-12-29-13-11-26)27(22)18-4-2-1-3-5-18/h1-9,19,28H,10-13,15-16H2. The van der Waals surface area contributed by atoms with E-state index in [9.17, 15) is 5.11 Å². The van der Waals surface area contributed by atoms with E-state index in [1.54, 1.807) is 24.3 Å². The molecule has 9 heteroatoms. The van der Waals surface area contributed by atoms with Crippen LogP contribution in [-0.2, 0) is 4.74 Å². The Labute approximate surface area is 185 Å². The Morgan fingerprint density at radius 2 is 1.84 bits per heavy atom. The Hall–Kier alpha value is -3.06. The quantitative estimate of drug-likeness (QED) is 0.537. The number of aliphatic hydroxyl groups is 1. The van der Waals surface area contributed by atoms with E-state index in [0.717, 1.165) is 24.7 Å². The molecule has 0 aliphatic carbocycles. The molecule has 1 saturated heterocycles. The minimum absolute atomic E-state index is 0.148. The number of aromatic nitrogens is 3. The van der Waals surface area contributed by atoms with Gasteiger partial charge >= 0.3 is 0 Å². The highest BCUT2D eigenvalue weighted by molar-refractivity contribution is 7.99. The van der Waals surface area contributed by atoms with Crippen LogP contribution in [0.3, 0.4) is 0 Å². The van der Waals surface area contributed by atoms with Gasteiger partial charge in [-0.15, -0.1) is 10.2 Å². The van der Waals surface area contributed by atoms with E-state index in [4.69, 9.17) is 14.7 Å². The first kappa shape index (κ1) is 21.2. The van der Waals surface area contributed by atoms with Crippen LogP contribution in [0.4, 0.5) is 5.95 Å². The van der Waals surface area contributed by atoms with Crippen LogP contribution in [-0.4, -0.2) is 64.6 Å². The van der Waals surface area contributed by atoms with Crippen LogP contribution >= 0.6 is 11.8 Å². The molecule has 0 saturated carbocycles. The lowest BCUT2D eigenvalue weighted by molar-refractivity contribution is 0.122. The molecule has 1 unspecified atom stereocenters. The smallest absolute Gasteiger partial charge is 0.232 e. The maximum Gasteiger partial charge on any atom is 0.232 e. The summed E-state index contributed by atoms with van der Waals surface area (Å²) in [6, 6.07) is 18.8. The molecule has 2 aromatic carbocycles. The van der Waals surface area contributed by atoms with Crippen molar-refractivity contribution >= 4 is 17.7 Å².